The Bertz CT molecular complexity index is 460. The fourth-order valence-electron chi connectivity index (χ4n) is 2.40. The van der Waals surface area contributed by atoms with E-state index in [1.807, 2.05) is 12.1 Å². The van der Waals surface area contributed by atoms with Gasteiger partial charge in [-0.25, -0.2) is 4.79 Å². The number of hydrogen-bond donors (Lipinski definition) is 1. The van der Waals surface area contributed by atoms with Crippen molar-refractivity contribution in [2.75, 3.05) is 19.4 Å². The first-order valence-corrected chi connectivity index (χ1v) is 7.74. The van der Waals surface area contributed by atoms with E-state index in [0.717, 1.165) is 37.9 Å². The monoisotopic (exact) mass is 292 g/mol. The average Bonchev–Trinajstić information content (AvgIpc) is 2.50. The van der Waals surface area contributed by atoms with E-state index in [0.29, 0.717) is 17.3 Å². The number of rotatable bonds is 8. The number of esters is 1. The lowest BCUT2D eigenvalue weighted by molar-refractivity contribution is 0.0598. The first-order chi connectivity index (χ1) is 10.0. The highest BCUT2D eigenvalue weighted by molar-refractivity contribution is 5.96. The molecule has 0 heterocycles. The summed E-state index contributed by atoms with van der Waals surface area (Å²) < 4.78 is 4.87. The van der Waals surface area contributed by atoms with Gasteiger partial charge in [-0.1, -0.05) is 32.4 Å². The van der Waals surface area contributed by atoms with Crippen molar-refractivity contribution in [1.82, 2.24) is 4.90 Å². The predicted molar refractivity (Wildman–Crippen MR) is 87.3 cm³/mol. The Morgan fingerprint density at radius 2 is 2.10 bits per heavy atom. The Labute approximate surface area is 128 Å². The lowest BCUT2D eigenvalue weighted by Gasteiger charge is -2.29. The summed E-state index contributed by atoms with van der Waals surface area (Å²) in [6.07, 6.45) is 3.40. The molecule has 1 rings (SSSR count). The lowest BCUT2D eigenvalue weighted by Crippen LogP contribution is -2.33. The van der Waals surface area contributed by atoms with Gasteiger partial charge in [0.05, 0.1) is 12.7 Å². The fraction of sp³-hybridized carbons (Fsp3) is 0.588. The van der Waals surface area contributed by atoms with Gasteiger partial charge in [0.25, 0.3) is 0 Å². The van der Waals surface area contributed by atoms with E-state index < -0.39 is 0 Å². The third-order valence-corrected chi connectivity index (χ3v) is 3.96. The molecule has 1 unspecified atom stereocenters. The largest absolute Gasteiger partial charge is 0.465 e. The SMILES string of the molecule is CCCCN(Cc1cccc(N)c1C(=O)OC)C(C)CC. The molecule has 118 valence electrons. The third-order valence-electron chi connectivity index (χ3n) is 3.96. The van der Waals surface area contributed by atoms with Crippen LogP contribution in [0.2, 0.25) is 0 Å². The molecule has 0 fully saturated rings. The maximum Gasteiger partial charge on any atom is 0.340 e. The number of ether oxygens (including phenoxy) is 1. The molecule has 0 bridgehead atoms. The minimum Gasteiger partial charge on any atom is -0.465 e. The lowest BCUT2D eigenvalue weighted by atomic mass is 10.0. The van der Waals surface area contributed by atoms with Crippen molar-refractivity contribution in [3.05, 3.63) is 29.3 Å². The van der Waals surface area contributed by atoms with Crippen molar-refractivity contribution in [2.45, 2.75) is 52.6 Å². The van der Waals surface area contributed by atoms with Gasteiger partial charge in [-0.15, -0.1) is 0 Å². The molecular weight excluding hydrogens is 264 g/mol. The summed E-state index contributed by atoms with van der Waals surface area (Å²) in [6, 6.07) is 6.08. The molecular formula is C17H28N2O2. The maximum absolute atomic E-state index is 12.0. The van der Waals surface area contributed by atoms with Crippen molar-refractivity contribution in [2.24, 2.45) is 0 Å². The number of hydrogen-bond acceptors (Lipinski definition) is 4. The van der Waals surface area contributed by atoms with Crippen LogP contribution in [0.1, 0.15) is 56.0 Å². The number of benzene rings is 1. The predicted octanol–water partition coefficient (Wildman–Crippen LogP) is 3.46. The zero-order valence-electron chi connectivity index (χ0n) is 13.7. The number of methoxy groups -OCH3 is 1. The van der Waals surface area contributed by atoms with Gasteiger partial charge in [0, 0.05) is 18.3 Å². The number of anilines is 1. The molecule has 0 saturated heterocycles. The van der Waals surface area contributed by atoms with Gasteiger partial charge in [0.1, 0.15) is 0 Å². The summed E-state index contributed by atoms with van der Waals surface area (Å²) >= 11 is 0. The van der Waals surface area contributed by atoms with E-state index in [-0.39, 0.29) is 5.97 Å². The number of carbonyl (C=O) groups excluding carboxylic acids is 1. The number of carbonyl (C=O) groups is 1. The number of nitrogens with two attached hydrogens (primary N) is 1. The van der Waals surface area contributed by atoms with Crippen LogP contribution >= 0.6 is 0 Å². The zero-order valence-corrected chi connectivity index (χ0v) is 13.7. The fourth-order valence-corrected chi connectivity index (χ4v) is 2.40. The van der Waals surface area contributed by atoms with Crippen molar-refractivity contribution < 1.29 is 9.53 Å². The quantitative estimate of drug-likeness (QED) is 0.589. The Balaban J connectivity index is 3.02. The molecule has 0 aliphatic carbocycles. The molecule has 0 radical (unpaired) electrons. The normalized spacial score (nSPS) is 12.4. The summed E-state index contributed by atoms with van der Waals surface area (Å²) in [7, 11) is 1.39. The smallest absolute Gasteiger partial charge is 0.340 e. The highest BCUT2D eigenvalue weighted by Gasteiger charge is 2.19. The Morgan fingerprint density at radius 1 is 1.38 bits per heavy atom. The van der Waals surface area contributed by atoms with Gasteiger partial charge in [-0.3, -0.25) is 4.90 Å². The van der Waals surface area contributed by atoms with Gasteiger partial charge in [0.2, 0.25) is 0 Å². The molecule has 2 N–H and O–H groups in total. The van der Waals surface area contributed by atoms with Crippen LogP contribution in [0, 0.1) is 0 Å². The minimum atomic E-state index is -0.359. The van der Waals surface area contributed by atoms with Crippen LogP contribution in [0.25, 0.3) is 0 Å². The second-order valence-electron chi connectivity index (χ2n) is 5.45. The Hall–Kier alpha value is -1.55. The van der Waals surface area contributed by atoms with Gasteiger partial charge in [-0.2, -0.15) is 0 Å². The highest BCUT2D eigenvalue weighted by atomic mass is 16.5. The highest BCUT2D eigenvalue weighted by Crippen LogP contribution is 2.21. The van der Waals surface area contributed by atoms with Crippen LogP contribution < -0.4 is 5.73 Å². The van der Waals surface area contributed by atoms with E-state index in [1.54, 1.807) is 6.07 Å². The van der Waals surface area contributed by atoms with Crippen molar-refractivity contribution >= 4 is 11.7 Å². The third kappa shape index (κ3) is 4.74. The summed E-state index contributed by atoms with van der Waals surface area (Å²) in [6.45, 7) is 8.35. The molecule has 0 aliphatic heterocycles. The molecule has 4 nitrogen and oxygen atoms in total. The Kier molecular flexibility index (Phi) is 7.23. The standard InChI is InChI=1S/C17H28N2O2/c1-5-7-11-19(13(3)6-2)12-14-9-8-10-15(18)16(14)17(20)21-4/h8-10,13H,5-7,11-12,18H2,1-4H3. The summed E-state index contributed by atoms with van der Waals surface area (Å²) in [5, 5.41) is 0. The van der Waals surface area contributed by atoms with Gasteiger partial charge in [0.15, 0.2) is 0 Å². The first-order valence-electron chi connectivity index (χ1n) is 7.74. The molecule has 1 aromatic carbocycles. The van der Waals surface area contributed by atoms with Crippen LogP contribution in [0.15, 0.2) is 18.2 Å². The van der Waals surface area contributed by atoms with Crippen LogP contribution in [-0.2, 0) is 11.3 Å². The van der Waals surface area contributed by atoms with E-state index in [1.165, 1.54) is 7.11 Å². The minimum absolute atomic E-state index is 0.359. The topological polar surface area (TPSA) is 55.6 Å². The summed E-state index contributed by atoms with van der Waals surface area (Å²) in [5.74, 6) is -0.359. The molecule has 0 saturated carbocycles. The first kappa shape index (κ1) is 17.5. The zero-order chi connectivity index (χ0) is 15.8. The molecule has 0 amide bonds. The molecule has 21 heavy (non-hydrogen) atoms. The second kappa shape index (κ2) is 8.67. The van der Waals surface area contributed by atoms with E-state index in [2.05, 4.69) is 25.7 Å². The van der Waals surface area contributed by atoms with Crippen molar-refractivity contribution in [1.29, 1.82) is 0 Å². The van der Waals surface area contributed by atoms with Gasteiger partial charge in [-0.05, 0) is 37.9 Å². The van der Waals surface area contributed by atoms with E-state index in [4.69, 9.17) is 10.5 Å². The molecule has 1 atom stereocenters. The number of nitrogen functional groups attached to an aromatic ring is 1. The summed E-state index contributed by atoms with van der Waals surface area (Å²) in [5.41, 5.74) is 7.90. The second-order valence-corrected chi connectivity index (χ2v) is 5.45. The van der Waals surface area contributed by atoms with Crippen molar-refractivity contribution in [3.8, 4) is 0 Å². The van der Waals surface area contributed by atoms with E-state index in [9.17, 15) is 4.79 Å². The molecule has 1 aromatic rings. The number of nitrogens with zero attached hydrogens (tertiary/aromatic N) is 1. The molecule has 4 heteroatoms. The molecule has 0 aromatic heterocycles. The van der Waals surface area contributed by atoms with Crippen LogP contribution in [0.5, 0.6) is 0 Å². The van der Waals surface area contributed by atoms with Gasteiger partial charge < -0.3 is 10.5 Å². The van der Waals surface area contributed by atoms with Crippen molar-refractivity contribution in [3.63, 3.8) is 0 Å². The summed E-state index contributed by atoms with van der Waals surface area (Å²) in [4.78, 5) is 14.4. The maximum atomic E-state index is 12.0. The number of unbranched alkanes of at least 4 members (excludes halogenated alkanes) is 1. The Morgan fingerprint density at radius 3 is 2.67 bits per heavy atom. The molecule has 0 spiro atoms. The average molecular weight is 292 g/mol. The van der Waals surface area contributed by atoms with E-state index >= 15 is 0 Å². The van der Waals surface area contributed by atoms with Gasteiger partial charge >= 0.3 is 5.97 Å². The van der Waals surface area contributed by atoms with Crippen LogP contribution in [0.4, 0.5) is 5.69 Å². The van der Waals surface area contributed by atoms with Crippen LogP contribution in [0.3, 0.4) is 0 Å². The molecule has 0 aliphatic rings. The van der Waals surface area contributed by atoms with Crippen LogP contribution in [-0.4, -0.2) is 30.6 Å².